The highest BCUT2D eigenvalue weighted by Crippen LogP contribution is 2.37. The second-order valence-electron chi connectivity index (χ2n) is 6.68. The minimum atomic E-state index is -0.417. The number of carbonyl (C=O) groups excluding carboxylic acids is 1. The van der Waals surface area contributed by atoms with E-state index >= 15 is 0 Å². The maximum Gasteiger partial charge on any atom is 0.273 e. The molecule has 0 spiro atoms. The third-order valence-electron chi connectivity index (χ3n) is 4.70. The molecule has 0 unspecified atom stereocenters. The Morgan fingerprint density at radius 2 is 2.00 bits per heavy atom. The molecule has 3 aromatic rings. The molecule has 1 saturated heterocycles. The Labute approximate surface area is 192 Å². The summed E-state index contributed by atoms with van der Waals surface area (Å²) in [5.74, 6) is 0.742. The van der Waals surface area contributed by atoms with Gasteiger partial charge in [-0.25, -0.2) is 0 Å². The van der Waals surface area contributed by atoms with E-state index in [0.717, 1.165) is 10.6 Å². The second-order valence-corrected chi connectivity index (χ2v) is 9.23. The first-order valence-electron chi connectivity index (χ1n) is 9.14. The van der Waals surface area contributed by atoms with Crippen LogP contribution in [0.5, 0.6) is 0 Å². The van der Waals surface area contributed by atoms with E-state index in [4.69, 9.17) is 16.6 Å². The Morgan fingerprint density at radius 3 is 2.74 bits per heavy atom. The number of carbonyl (C=O) groups is 1. The van der Waals surface area contributed by atoms with Crippen LogP contribution in [0, 0.1) is 17.0 Å². The predicted octanol–water partition coefficient (Wildman–Crippen LogP) is 6.29. The van der Waals surface area contributed by atoms with Gasteiger partial charge in [-0.2, -0.15) is 0 Å². The minimum absolute atomic E-state index is 0.0313. The molecule has 156 valence electrons. The van der Waals surface area contributed by atoms with E-state index in [0.29, 0.717) is 31.9 Å². The van der Waals surface area contributed by atoms with Gasteiger partial charge >= 0.3 is 0 Å². The molecule has 1 aliphatic heterocycles. The Morgan fingerprint density at radius 1 is 1.19 bits per heavy atom. The van der Waals surface area contributed by atoms with Gasteiger partial charge in [0.15, 0.2) is 4.32 Å². The number of furan rings is 1. The molecule has 31 heavy (non-hydrogen) atoms. The van der Waals surface area contributed by atoms with E-state index < -0.39 is 4.92 Å². The highest BCUT2D eigenvalue weighted by molar-refractivity contribution is 8.27. The summed E-state index contributed by atoms with van der Waals surface area (Å²) in [4.78, 5) is 26.8. The smallest absolute Gasteiger partial charge is 0.273 e. The standard InChI is InChI=1S/C22H16N2O4S3/c1-13-6-7-14(10-18(13)24(26)27)19-9-8-16(28-19)12-20-21(25)23(22(29)31-20)15-4-3-5-17(11-15)30-2/h3-12H,1-2H3/b20-12+. The van der Waals surface area contributed by atoms with Crippen molar-refractivity contribution >= 4 is 63.4 Å². The van der Waals surface area contributed by atoms with E-state index in [9.17, 15) is 14.9 Å². The fourth-order valence-electron chi connectivity index (χ4n) is 3.11. The zero-order valence-electron chi connectivity index (χ0n) is 16.5. The summed E-state index contributed by atoms with van der Waals surface area (Å²) >= 11 is 8.23. The van der Waals surface area contributed by atoms with Crippen LogP contribution < -0.4 is 4.90 Å². The summed E-state index contributed by atoms with van der Waals surface area (Å²) in [5.41, 5.74) is 1.93. The Bertz CT molecular complexity index is 1250. The molecular formula is C22H16N2O4S3. The van der Waals surface area contributed by atoms with Crippen LogP contribution in [0.1, 0.15) is 11.3 Å². The Kier molecular flexibility index (Phi) is 5.99. The van der Waals surface area contributed by atoms with Gasteiger partial charge in [0.25, 0.3) is 11.6 Å². The van der Waals surface area contributed by atoms with Gasteiger partial charge in [0.1, 0.15) is 11.5 Å². The van der Waals surface area contributed by atoms with Crippen LogP contribution in [0.2, 0.25) is 0 Å². The van der Waals surface area contributed by atoms with Crippen LogP contribution in [0.25, 0.3) is 17.4 Å². The van der Waals surface area contributed by atoms with Gasteiger partial charge in [-0.1, -0.05) is 42.2 Å². The van der Waals surface area contributed by atoms with Crippen LogP contribution in [0.4, 0.5) is 11.4 Å². The monoisotopic (exact) mass is 468 g/mol. The number of amides is 1. The molecule has 0 radical (unpaired) electrons. The highest BCUT2D eigenvalue weighted by atomic mass is 32.2. The number of thioether (sulfide) groups is 2. The largest absolute Gasteiger partial charge is 0.457 e. The molecule has 4 rings (SSSR count). The van der Waals surface area contributed by atoms with Crippen LogP contribution >= 0.6 is 35.7 Å². The molecule has 9 heteroatoms. The summed E-state index contributed by atoms with van der Waals surface area (Å²) in [6.45, 7) is 1.69. The van der Waals surface area contributed by atoms with E-state index in [2.05, 4.69) is 0 Å². The quantitative estimate of drug-likeness (QED) is 0.143. The molecule has 1 aromatic heterocycles. The van der Waals surface area contributed by atoms with Crippen LogP contribution in [0.15, 0.2) is 68.8 Å². The maximum atomic E-state index is 13.0. The lowest BCUT2D eigenvalue weighted by Crippen LogP contribution is -2.27. The lowest BCUT2D eigenvalue weighted by Gasteiger charge is -2.15. The van der Waals surface area contributed by atoms with Gasteiger partial charge in [-0.3, -0.25) is 19.8 Å². The zero-order valence-corrected chi connectivity index (χ0v) is 19.0. The van der Waals surface area contributed by atoms with Gasteiger partial charge < -0.3 is 4.42 Å². The molecule has 0 bridgehead atoms. The van der Waals surface area contributed by atoms with E-state index in [1.54, 1.807) is 49.0 Å². The molecule has 2 heterocycles. The topological polar surface area (TPSA) is 76.6 Å². The first kappa shape index (κ1) is 21.4. The molecular weight excluding hydrogens is 452 g/mol. The van der Waals surface area contributed by atoms with Crippen molar-refractivity contribution in [1.29, 1.82) is 0 Å². The lowest BCUT2D eigenvalue weighted by molar-refractivity contribution is -0.385. The predicted molar refractivity (Wildman–Crippen MR) is 129 cm³/mol. The van der Waals surface area contributed by atoms with Crippen molar-refractivity contribution in [3.8, 4) is 11.3 Å². The average Bonchev–Trinajstić information content (AvgIpc) is 3.32. The number of nitro groups is 1. The van der Waals surface area contributed by atoms with Crippen molar-refractivity contribution in [3.05, 3.63) is 80.9 Å². The molecule has 6 nitrogen and oxygen atoms in total. The highest BCUT2D eigenvalue weighted by Gasteiger charge is 2.33. The molecule has 0 atom stereocenters. The van der Waals surface area contributed by atoms with Crippen LogP contribution in [0.3, 0.4) is 0 Å². The van der Waals surface area contributed by atoms with Gasteiger partial charge in [-0.15, -0.1) is 11.8 Å². The number of hydrogen-bond acceptors (Lipinski definition) is 7. The fraction of sp³-hybridized carbons (Fsp3) is 0.0909. The van der Waals surface area contributed by atoms with Crippen molar-refractivity contribution in [2.24, 2.45) is 0 Å². The summed E-state index contributed by atoms with van der Waals surface area (Å²) < 4.78 is 6.29. The van der Waals surface area contributed by atoms with Gasteiger partial charge in [0, 0.05) is 28.2 Å². The average molecular weight is 469 g/mol. The molecule has 0 aliphatic carbocycles. The molecule has 1 aliphatic rings. The number of nitro benzene ring substituents is 1. The van der Waals surface area contributed by atoms with Gasteiger partial charge in [-0.05, 0) is 43.5 Å². The molecule has 1 amide bonds. The number of nitrogens with zero attached hydrogens (tertiary/aromatic N) is 2. The van der Waals surface area contributed by atoms with Crippen molar-refractivity contribution in [2.75, 3.05) is 11.2 Å². The molecule has 2 aromatic carbocycles. The van der Waals surface area contributed by atoms with E-state index in [-0.39, 0.29) is 11.6 Å². The SMILES string of the molecule is CSc1cccc(N2C(=O)/C(=C\c3ccc(-c4ccc(C)c([N+](=O)[O-])c4)o3)SC2=S)c1. The van der Waals surface area contributed by atoms with Crippen molar-refractivity contribution < 1.29 is 14.1 Å². The fourth-order valence-corrected chi connectivity index (χ4v) is 4.85. The molecule has 0 N–H and O–H groups in total. The number of rotatable bonds is 5. The first-order valence-corrected chi connectivity index (χ1v) is 11.6. The summed E-state index contributed by atoms with van der Waals surface area (Å²) in [5, 5.41) is 11.2. The van der Waals surface area contributed by atoms with Gasteiger partial charge in [0.2, 0.25) is 0 Å². The third-order valence-corrected chi connectivity index (χ3v) is 6.72. The Hall–Kier alpha value is -2.88. The Balaban J connectivity index is 1.61. The number of hydrogen-bond donors (Lipinski definition) is 0. The van der Waals surface area contributed by atoms with Crippen LogP contribution in [-0.4, -0.2) is 21.4 Å². The number of thiocarbonyl (C=S) groups is 1. The lowest BCUT2D eigenvalue weighted by atomic mass is 10.1. The normalized spacial score (nSPS) is 15.2. The molecule has 1 fully saturated rings. The molecule has 0 saturated carbocycles. The second kappa shape index (κ2) is 8.70. The zero-order chi connectivity index (χ0) is 22.1. The van der Waals surface area contributed by atoms with E-state index in [1.165, 1.54) is 22.7 Å². The number of aryl methyl sites for hydroxylation is 1. The van der Waals surface area contributed by atoms with Crippen molar-refractivity contribution in [2.45, 2.75) is 11.8 Å². The number of benzene rings is 2. The maximum absolute atomic E-state index is 13.0. The summed E-state index contributed by atoms with van der Waals surface area (Å²) in [6.07, 6.45) is 3.62. The number of anilines is 1. The van der Waals surface area contributed by atoms with Crippen LogP contribution in [-0.2, 0) is 4.79 Å². The third kappa shape index (κ3) is 4.30. The first-order chi connectivity index (χ1) is 14.9. The summed E-state index contributed by atoms with van der Waals surface area (Å²) in [6, 6.07) is 16.0. The van der Waals surface area contributed by atoms with Crippen molar-refractivity contribution in [1.82, 2.24) is 0 Å². The van der Waals surface area contributed by atoms with Crippen molar-refractivity contribution in [3.63, 3.8) is 0 Å². The van der Waals surface area contributed by atoms with E-state index in [1.807, 2.05) is 30.5 Å². The minimum Gasteiger partial charge on any atom is -0.457 e. The summed E-state index contributed by atoms with van der Waals surface area (Å²) in [7, 11) is 0. The van der Waals surface area contributed by atoms with Gasteiger partial charge in [0.05, 0.1) is 15.5 Å².